The Balaban J connectivity index is 1.57. The number of hydrogen-bond acceptors (Lipinski definition) is 7. The smallest absolute Gasteiger partial charge is 0.322 e. The number of anilines is 4. The van der Waals surface area contributed by atoms with Gasteiger partial charge in [0, 0.05) is 11.3 Å². The minimum Gasteiger partial charge on any atom is -0.403 e. The molecule has 0 saturated carbocycles. The topological polar surface area (TPSA) is 135 Å². The molecule has 1 amide bonds. The number of para-hydroxylation sites is 1. The highest BCUT2D eigenvalue weighted by Gasteiger charge is 2.20. The summed E-state index contributed by atoms with van der Waals surface area (Å²) in [4.78, 5) is 12.2. The van der Waals surface area contributed by atoms with Gasteiger partial charge in [-0.05, 0) is 24.3 Å². The Bertz CT molecular complexity index is 1060. The first-order valence-electron chi connectivity index (χ1n) is 8.07. The van der Waals surface area contributed by atoms with E-state index in [9.17, 15) is 4.79 Å². The number of carbonyl (C=O) groups is 1. The van der Waals surface area contributed by atoms with E-state index in [2.05, 4.69) is 31.0 Å². The molecular formula is C18H15N7O2. The van der Waals surface area contributed by atoms with Crippen LogP contribution in [0.1, 0.15) is 10.4 Å². The van der Waals surface area contributed by atoms with Gasteiger partial charge in [0.2, 0.25) is 0 Å². The highest BCUT2D eigenvalue weighted by molar-refractivity contribution is 6.03. The van der Waals surface area contributed by atoms with Crippen LogP contribution in [0, 0.1) is 0 Å². The Kier molecular flexibility index (Phi) is 4.24. The average molecular weight is 361 g/mol. The molecule has 0 unspecified atom stereocenters. The molecule has 0 radical (unpaired) electrons. The van der Waals surface area contributed by atoms with Gasteiger partial charge in [0.1, 0.15) is 11.4 Å². The van der Waals surface area contributed by atoms with Gasteiger partial charge in [0.15, 0.2) is 5.82 Å². The van der Waals surface area contributed by atoms with Crippen molar-refractivity contribution in [2.75, 3.05) is 16.4 Å². The maximum Gasteiger partial charge on any atom is 0.322 e. The number of nitrogen functional groups attached to an aromatic ring is 1. The van der Waals surface area contributed by atoms with Gasteiger partial charge in [-0.3, -0.25) is 15.2 Å². The molecule has 0 spiro atoms. The lowest BCUT2D eigenvalue weighted by Crippen LogP contribution is -2.11. The zero-order valence-electron chi connectivity index (χ0n) is 14.0. The second kappa shape index (κ2) is 7.00. The summed E-state index contributed by atoms with van der Waals surface area (Å²) in [6, 6.07) is 18.1. The number of nitrogens with zero attached hydrogens (tertiary/aromatic N) is 3. The van der Waals surface area contributed by atoms with Gasteiger partial charge in [-0.2, -0.15) is 5.10 Å². The van der Waals surface area contributed by atoms with Crippen LogP contribution in [0.4, 0.5) is 23.3 Å². The minimum atomic E-state index is -0.353. The first-order valence-corrected chi connectivity index (χ1v) is 8.07. The third-order valence-corrected chi connectivity index (χ3v) is 3.73. The third-order valence-electron chi connectivity index (χ3n) is 3.73. The summed E-state index contributed by atoms with van der Waals surface area (Å²) in [5.41, 5.74) is 7.68. The van der Waals surface area contributed by atoms with E-state index >= 15 is 0 Å². The van der Waals surface area contributed by atoms with Crippen molar-refractivity contribution in [1.82, 2.24) is 20.4 Å². The molecule has 0 aliphatic rings. The molecule has 0 atom stereocenters. The number of carbonyl (C=O) groups excluding carboxylic acids is 1. The fourth-order valence-corrected chi connectivity index (χ4v) is 2.45. The number of benzene rings is 2. The predicted molar refractivity (Wildman–Crippen MR) is 100 cm³/mol. The molecule has 0 bridgehead atoms. The summed E-state index contributed by atoms with van der Waals surface area (Å²) in [7, 11) is 0. The molecule has 5 N–H and O–H groups in total. The second-order valence-corrected chi connectivity index (χ2v) is 5.58. The van der Waals surface area contributed by atoms with Gasteiger partial charge in [-0.1, -0.05) is 41.5 Å². The van der Waals surface area contributed by atoms with Crippen LogP contribution < -0.4 is 16.4 Å². The SMILES string of the molecule is Nc1[nH]nc(Nc2ccccc2)c1-c1nnc(NC(=O)c2ccccc2)o1. The Morgan fingerprint density at radius 2 is 1.70 bits per heavy atom. The van der Waals surface area contributed by atoms with Crippen LogP contribution in [-0.2, 0) is 0 Å². The zero-order valence-corrected chi connectivity index (χ0v) is 14.0. The lowest BCUT2D eigenvalue weighted by atomic mass is 10.2. The molecule has 0 aliphatic heterocycles. The van der Waals surface area contributed by atoms with E-state index in [0.29, 0.717) is 16.9 Å². The molecule has 0 saturated heterocycles. The van der Waals surface area contributed by atoms with Crippen LogP contribution in [0.25, 0.3) is 11.5 Å². The van der Waals surface area contributed by atoms with Crippen LogP contribution in [-0.4, -0.2) is 26.3 Å². The highest BCUT2D eigenvalue weighted by atomic mass is 16.4. The van der Waals surface area contributed by atoms with Crippen molar-refractivity contribution >= 4 is 29.2 Å². The van der Waals surface area contributed by atoms with E-state index in [-0.39, 0.29) is 23.6 Å². The number of rotatable bonds is 5. The largest absolute Gasteiger partial charge is 0.403 e. The van der Waals surface area contributed by atoms with Gasteiger partial charge >= 0.3 is 6.01 Å². The number of amides is 1. The average Bonchev–Trinajstić information content (AvgIpc) is 3.29. The summed E-state index contributed by atoms with van der Waals surface area (Å²) >= 11 is 0. The van der Waals surface area contributed by atoms with Crippen molar-refractivity contribution in [2.45, 2.75) is 0 Å². The molecule has 9 heteroatoms. The number of H-pyrrole nitrogens is 1. The Morgan fingerprint density at radius 3 is 2.44 bits per heavy atom. The minimum absolute atomic E-state index is 0.0369. The van der Waals surface area contributed by atoms with Gasteiger partial charge in [0.25, 0.3) is 11.8 Å². The van der Waals surface area contributed by atoms with Crippen LogP contribution >= 0.6 is 0 Å². The first-order chi connectivity index (χ1) is 13.2. The number of hydrogen-bond donors (Lipinski definition) is 4. The van der Waals surface area contributed by atoms with E-state index in [1.807, 2.05) is 36.4 Å². The van der Waals surface area contributed by atoms with Crippen LogP contribution in [0.2, 0.25) is 0 Å². The standard InChI is InChI=1S/C18H15N7O2/c19-14-13(15(23-22-14)20-12-9-5-2-6-10-12)17-24-25-18(27-17)21-16(26)11-7-3-1-4-8-11/h1-10H,(H,21,25,26)(H4,19,20,22,23). The summed E-state index contributed by atoms with van der Waals surface area (Å²) in [6.45, 7) is 0. The monoisotopic (exact) mass is 361 g/mol. The van der Waals surface area contributed by atoms with Crippen molar-refractivity contribution in [3.05, 3.63) is 66.2 Å². The van der Waals surface area contributed by atoms with Gasteiger partial charge < -0.3 is 15.5 Å². The molecule has 2 heterocycles. The van der Waals surface area contributed by atoms with E-state index < -0.39 is 0 Å². The normalized spacial score (nSPS) is 10.5. The fraction of sp³-hybridized carbons (Fsp3) is 0. The molecule has 4 aromatic rings. The Hall–Kier alpha value is -4.14. The lowest BCUT2D eigenvalue weighted by Gasteiger charge is -2.04. The third kappa shape index (κ3) is 3.47. The quantitative estimate of drug-likeness (QED) is 0.429. The van der Waals surface area contributed by atoms with E-state index in [4.69, 9.17) is 10.2 Å². The summed E-state index contributed by atoms with van der Waals surface area (Å²) in [5, 5.41) is 20.3. The Morgan fingerprint density at radius 1 is 1.00 bits per heavy atom. The molecule has 134 valence electrons. The maximum atomic E-state index is 12.2. The van der Waals surface area contributed by atoms with Crippen molar-refractivity contribution < 1.29 is 9.21 Å². The molecule has 4 rings (SSSR count). The molecule has 0 aliphatic carbocycles. The molecule has 2 aromatic carbocycles. The van der Waals surface area contributed by atoms with Crippen LogP contribution in [0.15, 0.2) is 65.1 Å². The van der Waals surface area contributed by atoms with Crippen LogP contribution in [0.3, 0.4) is 0 Å². The van der Waals surface area contributed by atoms with Gasteiger partial charge in [-0.25, -0.2) is 0 Å². The van der Waals surface area contributed by atoms with Crippen molar-refractivity contribution in [2.24, 2.45) is 0 Å². The fourth-order valence-electron chi connectivity index (χ4n) is 2.45. The van der Waals surface area contributed by atoms with Crippen molar-refractivity contribution in [3.8, 4) is 11.5 Å². The lowest BCUT2D eigenvalue weighted by molar-refractivity contribution is 0.102. The van der Waals surface area contributed by atoms with Gasteiger partial charge in [0.05, 0.1) is 0 Å². The summed E-state index contributed by atoms with van der Waals surface area (Å²) in [5.74, 6) is 0.470. The molecule has 2 aromatic heterocycles. The number of aromatic amines is 1. The summed E-state index contributed by atoms with van der Waals surface area (Å²) in [6.07, 6.45) is 0. The molecule has 9 nitrogen and oxygen atoms in total. The van der Waals surface area contributed by atoms with Crippen molar-refractivity contribution in [1.29, 1.82) is 0 Å². The van der Waals surface area contributed by atoms with Gasteiger partial charge in [-0.15, -0.1) is 5.10 Å². The molecular weight excluding hydrogens is 346 g/mol. The number of nitrogens with two attached hydrogens (primary N) is 1. The summed E-state index contributed by atoms with van der Waals surface area (Å²) < 4.78 is 5.55. The predicted octanol–water partition coefficient (Wildman–Crippen LogP) is 3.04. The first kappa shape index (κ1) is 16.3. The van der Waals surface area contributed by atoms with E-state index in [1.165, 1.54) is 0 Å². The molecule has 0 fully saturated rings. The highest BCUT2D eigenvalue weighted by Crippen LogP contribution is 2.33. The molecule has 27 heavy (non-hydrogen) atoms. The van der Waals surface area contributed by atoms with E-state index in [1.54, 1.807) is 24.3 Å². The number of nitrogens with one attached hydrogen (secondary N) is 3. The zero-order chi connectivity index (χ0) is 18.6. The maximum absolute atomic E-state index is 12.2. The number of aromatic nitrogens is 4. The Labute approximate surface area is 153 Å². The van der Waals surface area contributed by atoms with E-state index in [0.717, 1.165) is 5.69 Å². The van der Waals surface area contributed by atoms with Crippen LogP contribution in [0.5, 0.6) is 0 Å². The second-order valence-electron chi connectivity index (χ2n) is 5.58. The van der Waals surface area contributed by atoms with Crippen molar-refractivity contribution in [3.63, 3.8) is 0 Å².